The molecule has 14 atom stereocenters. The van der Waals surface area contributed by atoms with Crippen LogP contribution in [0.4, 0.5) is 0 Å². The van der Waals surface area contributed by atoms with E-state index in [2.05, 4.69) is 0 Å². The lowest BCUT2D eigenvalue weighted by molar-refractivity contribution is -0.318. The summed E-state index contributed by atoms with van der Waals surface area (Å²) in [7, 11) is 0. The predicted molar refractivity (Wildman–Crippen MR) is 157 cm³/mol. The van der Waals surface area contributed by atoms with Gasteiger partial charge in [-0.05, 0) is 30.7 Å². The number of fused-ring (bicyclic) bond motifs is 3. The lowest BCUT2D eigenvalue weighted by atomic mass is 9.84. The number of aromatic hydroxyl groups is 1. The molecule has 2 aromatic carbocycles. The molecule has 49 heavy (non-hydrogen) atoms. The summed E-state index contributed by atoms with van der Waals surface area (Å²) in [5.74, 6) is 1.41. The van der Waals surface area contributed by atoms with Crippen molar-refractivity contribution in [1.29, 1.82) is 0 Å². The molecule has 0 amide bonds. The molecule has 6 aliphatic rings. The standard InChI is InChI=1S/C32H38O17/c1-11-22(34)24(36)26(38)31(47-11)42-8-21-23(35)25(37)27(39)32(49-21)48-17-5-19-18(43-9-44-19)4-13(17)29-15-7-40-28(14(15)6-41-29)12-2-16(33)30-20(3-12)45-10-46-30/h2-5,11,14-15,21-29,31-39H,6-10H2,1H3. The fraction of sp³-hybridized carbons (Fsp3) is 0.625. The number of aliphatic hydroxyl groups excluding tert-OH is 6. The molecule has 0 aliphatic carbocycles. The Kier molecular flexibility index (Phi) is 8.64. The predicted octanol–water partition coefficient (Wildman–Crippen LogP) is -1.04. The maximum atomic E-state index is 10.9. The van der Waals surface area contributed by atoms with Gasteiger partial charge >= 0.3 is 0 Å². The molecule has 17 heteroatoms. The van der Waals surface area contributed by atoms with Gasteiger partial charge in [0.25, 0.3) is 0 Å². The second-order valence-electron chi connectivity index (χ2n) is 13.0. The summed E-state index contributed by atoms with van der Waals surface area (Å²) in [6, 6.07) is 6.66. The van der Waals surface area contributed by atoms with Gasteiger partial charge in [0.15, 0.2) is 29.3 Å². The van der Waals surface area contributed by atoms with Crippen LogP contribution in [-0.2, 0) is 23.7 Å². The molecular formula is C32H38O17. The van der Waals surface area contributed by atoms with Crippen LogP contribution in [-0.4, -0.2) is 131 Å². The molecule has 17 nitrogen and oxygen atoms in total. The van der Waals surface area contributed by atoms with E-state index in [1.807, 2.05) is 0 Å². The van der Waals surface area contributed by atoms with E-state index in [4.69, 9.17) is 47.4 Å². The number of ether oxygens (including phenoxy) is 10. The Morgan fingerprint density at radius 3 is 2.12 bits per heavy atom. The zero-order chi connectivity index (χ0) is 34.1. The van der Waals surface area contributed by atoms with Gasteiger partial charge < -0.3 is 83.1 Å². The van der Waals surface area contributed by atoms with Crippen LogP contribution in [0.3, 0.4) is 0 Å². The van der Waals surface area contributed by atoms with Gasteiger partial charge in [0, 0.05) is 23.5 Å². The third-order valence-corrected chi connectivity index (χ3v) is 10.0. The van der Waals surface area contributed by atoms with Gasteiger partial charge in [-0.1, -0.05) is 0 Å². The number of benzene rings is 2. The van der Waals surface area contributed by atoms with Crippen molar-refractivity contribution in [3.63, 3.8) is 0 Å². The van der Waals surface area contributed by atoms with Crippen LogP contribution in [0.2, 0.25) is 0 Å². The second kappa shape index (κ2) is 12.8. The van der Waals surface area contributed by atoms with Crippen LogP contribution in [0.1, 0.15) is 30.3 Å². The Bertz CT molecular complexity index is 1540. The Morgan fingerprint density at radius 1 is 0.673 bits per heavy atom. The third-order valence-electron chi connectivity index (χ3n) is 10.0. The SMILES string of the molecule is CC1OC(OCC2OC(Oc3cc4c(cc3C3OCC5C(c6cc(O)c7c(c6)OCO7)OCC35)OCO4)C(O)C(O)C2O)C(O)C(O)C1O. The number of phenolic OH excluding ortho intramolecular Hbond substituents is 1. The molecule has 0 spiro atoms. The lowest BCUT2D eigenvalue weighted by Crippen LogP contribution is -2.61. The Morgan fingerprint density at radius 2 is 1.33 bits per heavy atom. The molecule has 2 aromatic rings. The molecule has 0 bridgehead atoms. The highest BCUT2D eigenvalue weighted by atomic mass is 16.7. The van der Waals surface area contributed by atoms with Gasteiger partial charge in [-0.15, -0.1) is 0 Å². The number of phenols is 1. The highest BCUT2D eigenvalue weighted by Gasteiger charge is 2.51. The van der Waals surface area contributed by atoms with E-state index >= 15 is 0 Å². The fourth-order valence-electron chi connectivity index (χ4n) is 7.27. The van der Waals surface area contributed by atoms with E-state index < -0.39 is 80.2 Å². The van der Waals surface area contributed by atoms with Crippen molar-refractivity contribution < 1.29 is 83.1 Å². The van der Waals surface area contributed by atoms with Crippen molar-refractivity contribution in [3.05, 3.63) is 35.4 Å². The summed E-state index contributed by atoms with van der Waals surface area (Å²) in [6.45, 7) is 1.66. The van der Waals surface area contributed by atoms with Crippen molar-refractivity contribution in [2.24, 2.45) is 11.8 Å². The van der Waals surface area contributed by atoms with Gasteiger partial charge in [0.2, 0.25) is 25.6 Å². The van der Waals surface area contributed by atoms with Crippen LogP contribution < -0.4 is 23.7 Å². The molecule has 6 aliphatic heterocycles. The number of hydrogen-bond acceptors (Lipinski definition) is 17. The third kappa shape index (κ3) is 5.72. The van der Waals surface area contributed by atoms with Crippen LogP contribution in [0.25, 0.3) is 0 Å². The van der Waals surface area contributed by atoms with E-state index in [0.717, 1.165) is 0 Å². The molecule has 6 heterocycles. The van der Waals surface area contributed by atoms with Gasteiger partial charge in [-0.3, -0.25) is 0 Å². The molecular weight excluding hydrogens is 656 g/mol. The van der Waals surface area contributed by atoms with Crippen molar-refractivity contribution in [2.45, 2.75) is 80.5 Å². The summed E-state index contributed by atoms with van der Waals surface area (Å²) in [5, 5.41) is 73.3. The molecule has 268 valence electrons. The van der Waals surface area contributed by atoms with Crippen molar-refractivity contribution >= 4 is 0 Å². The van der Waals surface area contributed by atoms with E-state index in [9.17, 15) is 35.7 Å². The van der Waals surface area contributed by atoms with Crippen molar-refractivity contribution in [1.82, 2.24) is 0 Å². The molecule has 8 rings (SSSR count). The van der Waals surface area contributed by atoms with E-state index in [0.29, 0.717) is 41.6 Å². The molecule has 4 fully saturated rings. The maximum absolute atomic E-state index is 10.9. The van der Waals surface area contributed by atoms with E-state index in [1.54, 1.807) is 24.3 Å². The van der Waals surface area contributed by atoms with Crippen molar-refractivity contribution in [3.8, 4) is 34.5 Å². The summed E-state index contributed by atoms with van der Waals surface area (Å²) in [5.41, 5.74) is 1.26. The first-order chi connectivity index (χ1) is 23.6. The zero-order valence-corrected chi connectivity index (χ0v) is 26.1. The minimum Gasteiger partial charge on any atom is -0.504 e. The quantitative estimate of drug-likeness (QED) is 0.183. The normalized spacial score (nSPS) is 40.8. The van der Waals surface area contributed by atoms with E-state index in [-0.39, 0.29) is 42.7 Å². The molecule has 0 saturated carbocycles. The lowest BCUT2D eigenvalue weighted by Gasteiger charge is -2.42. The van der Waals surface area contributed by atoms with Gasteiger partial charge in [0.1, 0.15) is 48.5 Å². The van der Waals surface area contributed by atoms with E-state index in [1.165, 1.54) is 6.92 Å². The zero-order valence-electron chi connectivity index (χ0n) is 26.1. The molecule has 0 radical (unpaired) electrons. The smallest absolute Gasteiger partial charge is 0.231 e. The summed E-state index contributed by atoms with van der Waals surface area (Å²) in [6.07, 6.45) is -15.5. The monoisotopic (exact) mass is 694 g/mol. The average Bonchev–Trinajstić information content (AvgIpc) is 3.90. The molecule has 4 saturated heterocycles. The minimum absolute atomic E-state index is 0.0116. The minimum atomic E-state index is -1.72. The highest BCUT2D eigenvalue weighted by Crippen LogP contribution is 2.55. The van der Waals surface area contributed by atoms with Gasteiger partial charge in [0.05, 0.1) is 38.1 Å². The Hall–Kier alpha value is -3.20. The van der Waals surface area contributed by atoms with Crippen LogP contribution in [0.5, 0.6) is 34.5 Å². The molecule has 0 aromatic heterocycles. The first-order valence-corrected chi connectivity index (χ1v) is 16.1. The number of aliphatic hydroxyl groups is 6. The van der Waals surface area contributed by atoms with Crippen LogP contribution in [0.15, 0.2) is 24.3 Å². The number of rotatable bonds is 7. The highest BCUT2D eigenvalue weighted by molar-refractivity contribution is 5.55. The second-order valence-corrected chi connectivity index (χ2v) is 13.0. The summed E-state index contributed by atoms with van der Waals surface area (Å²) >= 11 is 0. The van der Waals surface area contributed by atoms with Crippen LogP contribution in [0, 0.1) is 11.8 Å². The average molecular weight is 695 g/mol. The topological polar surface area (TPSA) is 234 Å². The fourth-order valence-corrected chi connectivity index (χ4v) is 7.27. The first kappa shape index (κ1) is 33.0. The molecule has 14 unspecified atom stereocenters. The summed E-state index contributed by atoms with van der Waals surface area (Å²) in [4.78, 5) is 0. The largest absolute Gasteiger partial charge is 0.504 e. The van der Waals surface area contributed by atoms with Gasteiger partial charge in [-0.25, -0.2) is 0 Å². The maximum Gasteiger partial charge on any atom is 0.231 e. The molecule has 7 N–H and O–H groups in total. The Balaban J connectivity index is 1.01. The first-order valence-electron chi connectivity index (χ1n) is 16.1. The Labute approximate surface area is 278 Å². The van der Waals surface area contributed by atoms with Crippen molar-refractivity contribution in [2.75, 3.05) is 33.4 Å². The number of hydrogen-bond donors (Lipinski definition) is 7. The van der Waals surface area contributed by atoms with Gasteiger partial charge in [-0.2, -0.15) is 0 Å². The van der Waals surface area contributed by atoms with Crippen LogP contribution >= 0.6 is 0 Å². The summed E-state index contributed by atoms with van der Waals surface area (Å²) < 4.78 is 57.7.